The molecule has 0 unspecified atom stereocenters. The van der Waals surface area contributed by atoms with Gasteiger partial charge in [0.05, 0.1) is 5.92 Å². The van der Waals surface area contributed by atoms with Crippen molar-refractivity contribution in [1.29, 1.82) is 0 Å². The van der Waals surface area contributed by atoms with Crippen LogP contribution in [0.15, 0.2) is 60.7 Å². The molecule has 1 saturated heterocycles. The van der Waals surface area contributed by atoms with Crippen LogP contribution in [0.4, 0.5) is 0 Å². The summed E-state index contributed by atoms with van der Waals surface area (Å²) in [7, 11) is 0. The highest BCUT2D eigenvalue weighted by molar-refractivity contribution is 5.87. The summed E-state index contributed by atoms with van der Waals surface area (Å²) in [6, 6.07) is 20.0. The third-order valence-corrected chi connectivity index (χ3v) is 4.46. The molecule has 2 aromatic rings. The molecular weight excluding hydrogens is 298 g/mol. The van der Waals surface area contributed by atoms with Crippen LogP contribution in [-0.2, 0) is 4.79 Å². The lowest BCUT2D eigenvalue weighted by atomic mass is 9.90. The van der Waals surface area contributed by atoms with Crippen molar-refractivity contribution in [2.24, 2.45) is 0 Å². The van der Waals surface area contributed by atoms with Crippen LogP contribution in [0.1, 0.15) is 17.0 Å². The fourth-order valence-electron chi connectivity index (χ4n) is 3.16. The van der Waals surface area contributed by atoms with Gasteiger partial charge in [-0.15, -0.1) is 0 Å². The Morgan fingerprint density at radius 1 is 0.958 bits per heavy atom. The highest BCUT2D eigenvalue weighted by Crippen LogP contribution is 2.24. The van der Waals surface area contributed by atoms with Gasteiger partial charge in [-0.3, -0.25) is 9.69 Å². The highest BCUT2D eigenvalue weighted by atomic mass is 16.1. The number of amides is 1. The van der Waals surface area contributed by atoms with E-state index >= 15 is 0 Å². The van der Waals surface area contributed by atoms with Gasteiger partial charge in [-0.2, -0.15) is 0 Å². The van der Waals surface area contributed by atoms with Gasteiger partial charge in [-0.05, 0) is 11.1 Å². The third-order valence-electron chi connectivity index (χ3n) is 4.46. The molecule has 1 aliphatic heterocycles. The molecular formula is C20H25N3O. The topological polar surface area (TPSA) is 44.4 Å². The second kappa shape index (κ2) is 8.62. The Hall–Kier alpha value is -2.17. The predicted molar refractivity (Wildman–Crippen MR) is 97.0 cm³/mol. The summed E-state index contributed by atoms with van der Waals surface area (Å²) >= 11 is 0. The molecule has 2 aromatic carbocycles. The Morgan fingerprint density at radius 3 is 2.04 bits per heavy atom. The van der Waals surface area contributed by atoms with E-state index in [-0.39, 0.29) is 11.8 Å². The smallest absolute Gasteiger partial charge is 0.232 e. The molecule has 126 valence electrons. The quantitative estimate of drug-likeness (QED) is 0.853. The van der Waals surface area contributed by atoms with Crippen LogP contribution in [0.3, 0.4) is 0 Å². The van der Waals surface area contributed by atoms with E-state index in [9.17, 15) is 4.79 Å². The largest absolute Gasteiger partial charge is 0.354 e. The molecule has 0 spiro atoms. The number of nitrogens with one attached hydrogen (secondary N) is 2. The highest BCUT2D eigenvalue weighted by Gasteiger charge is 2.22. The van der Waals surface area contributed by atoms with Crippen LogP contribution >= 0.6 is 0 Å². The van der Waals surface area contributed by atoms with E-state index in [0.717, 1.165) is 43.9 Å². The van der Waals surface area contributed by atoms with Gasteiger partial charge >= 0.3 is 0 Å². The number of carbonyl (C=O) groups is 1. The van der Waals surface area contributed by atoms with E-state index in [2.05, 4.69) is 15.5 Å². The zero-order valence-electron chi connectivity index (χ0n) is 13.9. The first kappa shape index (κ1) is 16.7. The first-order valence-electron chi connectivity index (χ1n) is 8.65. The van der Waals surface area contributed by atoms with Gasteiger partial charge in [0.2, 0.25) is 5.91 Å². The molecule has 4 heteroatoms. The minimum atomic E-state index is -0.254. The number of piperazine rings is 1. The van der Waals surface area contributed by atoms with E-state index in [0.29, 0.717) is 6.54 Å². The van der Waals surface area contributed by atoms with Crippen molar-refractivity contribution in [3.8, 4) is 0 Å². The molecule has 0 aromatic heterocycles. The monoisotopic (exact) mass is 323 g/mol. The molecule has 1 amide bonds. The van der Waals surface area contributed by atoms with E-state index in [1.807, 2.05) is 60.7 Å². The van der Waals surface area contributed by atoms with E-state index in [4.69, 9.17) is 0 Å². The lowest BCUT2D eigenvalue weighted by Gasteiger charge is -2.27. The minimum Gasteiger partial charge on any atom is -0.354 e. The summed E-state index contributed by atoms with van der Waals surface area (Å²) in [5, 5.41) is 6.47. The maximum absolute atomic E-state index is 12.8. The Morgan fingerprint density at radius 2 is 1.50 bits per heavy atom. The summed E-state index contributed by atoms with van der Waals surface area (Å²) in [5.41, 5.74) is 2.06. The van der Waals surface area contributed by atoms with Gasteiger partial charge in [-0.1, -0.05) is 60.7 Å². The van der Waals surface area contributed by atoms with Gasteiger partial charge in [0.1, 0.15) is 0 Å². The Balaban J connectivity index is 1.65. The molecule has 2 N–H and O–H groups in total. The Kier molecular flexibility index (Phi) is 5.99. The number of benzene rings is 2. The zero-order chi connectivity index (χ0) is 16.6. The van der Waals surface area contributed by atoms with Crippen LogP contribution in [0.25, 0.3) is 0 Å². The van der Waals surface area contributed by atoms with Gasteiger partial charge in [0, 0.05) is 39.3 Å². The minimum absolute atomic E-state index is 0.0718. The number of nitrogens with zero attached hydrogens (tertiary/aromatic N) is 1. The van der Waals surface area contributed by atoms with Crippen molar-refractivity contribution >= 4 is 5.91 Å². The molecule has 24 heavy (non-hydrogen) atoms. The molecule has 0 bridgehead atoms. The fraction of sp³-hybridized carbons (Fsp3) is 0.350. The van der Waals surface area contributed by atoms with Crippen molar-refractivity contribution in [3.05, 3.63) is 71.8 Å². The average molecular weight is 323 g/mol. The van der Waals surface area contributed by atoms with Crippen LogP contribution in [0, 0.1) is 0 Å². The van der Waals surface area contributed by atoms with Crippen LogP contribution in [0.5, 0.6) is 0 Å². The lowest BCUT2D eigenvalue weighted by Crippen LogP contribution is -2.46. The summed E-state index contributed by atoms with van der Waals surface area (Å²) < 4.78 is 0. The standard InChI is InChI=1S/C20H25N3O/c24-20(22-13-16-23-14-11-21-12-15-23)19(17-7-3-1-4-8-17)18-9-5-2-6-10-18/h1-10,19,21H,11-16H2,(H,22,24). The van der Waals surface area contributed by atoms with Gasteiger partial charge < -0.3 is 10.6 Å². The first-order chi connectivity index (χ1) is 11.8. The van der Waals surface area contributed by atoms with Gasteiger partial charge in [0.25, 0.3) is 0 Å². The van der Waals surface area contributed by atoms with Gasteiger partial charge in [-0.25, -0.2) is 0 Å². The first-order valence-corrected chi connectivity index (χ1v) is 8.65. The zero-order valence-corrected chi connectivity index (χ0v) is 13.9. The van der Waals surface area contributed by atoms with E-state index in [1.165, 1.54) is 0 Å². The van der Waals surface area contributed by atoms with E-state index in [1.54, 1.807) is 0 Å². The van der Waals surface area contributed by atoms with Crippen LogP contribution < -0.4 is 10.6 Å². The molecule has 0 saturated carbocycles. The maximum atomic E-state index is 12.8. The van der Waals surface area contributed by atoms with Crippen molar-refractivity contribution in [3.63, 3.8) is 0 Å². The molecule has 4 nitrogen and oxygen atoms in total. The summed E-state index contributed by atoms with van der Waals surface area (Å²) in [4.78, 5) is 15.2. The number of hydrogen-bond donors (Lipinski definition) is 2. The second-order valence-corrected chi connectivity index (χ2v) is 6.14. The molecule has 0 radical (unpaired) electrons. The van der Waals surface area contributed by atoms with Crippen LogP contribution in [-0.4, -0.2) is 50.1 Å². The molecule has 1 aliphatic rings. The SMILES string of the molecule is O=C(NCCN1CCNCC1)C(c1ccccc1)c1ccccc1. The van der Waals surface area contributed by atoms with Crippen molar-refractivity contribution in [1.82, 2.24) is 15.5 Å². The molecule has 1 heterocycles. The molecule has 0 atom stereocenters. The molecule has 1 fully saturated rings. The van der Waals surface area contributed by atoms with Crippen molar-refractivity contribution in [2.75, 3.05) is 39.3 Å². The summed E-state index contributed by atoms with van der Waals surface area (Å²) in [6.45, 7) is 5.77. The second-order valence-electron chi connectivity index (χ2n) is 6.14. The van der Waals surface area contributed by atoms with E-state index < -0.39 is 0 Å². The Labute approximate surface area is 143 Å². The molecule has 3 rings (SSSR count). The predicted octanol–water partition coefficient (Wildman–Crippen LogP) is 1.84. The van der Waals surface area contributed by atoms with Crippen LogP contribution in [0.2, 0.25) is 0 Å². The van der Waals surface area contributed by atoms with Gasteiger partial charge in [0.15, 0.2) is 0 Å². The number of rotatable bonds is 6. The average Bonchev–Trinajstić information content (AvgIpc) is 2.65. The van der Waals surface area contributed by atoms with Crippen molar-refractivity contribution < 1.29 is 4.79 Å². The lowest BCUT2D eigenvalue weighted by molar-refractivity contribution is -0.121. The fourth-order valence-corrected chi connectivity index (χ4v) is 3.16. The number of hydrogen-bond acceptors (Lipinski definition) is 3. The van der Waals surface area contributed by atoms with Crippen molar-refractivity contribution in [2.45, 2.75) is 5.92 Å². The molecule has 0 aliphatic carbocycles. The third kappa shape index (κ3) is 4.43. The summed E-state index contributed by atoms with van der Waals surface area (Å²) in [6.07, 6.45) is 0. The normalized spacial score (nSPS) is 15.4. The number of carbonyl (C=O) groups excluding carboxylic acids is 1. The summed E-state index contributed by atoms with van der Waals surface area (Å²) in [5.74, 6) is -0.182. The Bertz CT molecular complexity index is 584. The maximum Gasteiger partial charge on any atom is 0.232 e.